The second kappa shape index (κ2) is 6.56. The Labute approximate surface area is 116 Å². The zero-order valence-electron chi connectivity index (χ0n) is 11.0. The number of rotatable bonds is 4. The van der Waals surface area contributed by atoms with E-state index in [0.717, 1.165) is 17.0 Å². The minimum absolute atomic E-state index is 0.231. The lowest BCUT2D eigenvalue weighted by Crippen LogP contribution is -2.21. The van der Waals surface area contributed by atoms with Gasteiger partial charge in [0.25, 0.3) is 0 Å². The molecule has 0 fully saturated rings. The molecule has 5 heteroatoms. The fourth-order valence-electron chi connectivity index (χ4n) is 1.59. The van der Waals surface area contributed by atoms with Crippen LogP contribution in [0.5, 0.6) is 0 Å². The van der Waals surface area contributed by atoms with Gasteiger partial charge in [0, 0.05) is 11.8 Å². The average molecular weight is 271 g/mol. The third kappa shape index (κ3) is 4.28. The molecular weight excluding hydrogens is 257 g/mol. The molecule has 0 atom stereocenters. The highest BCUT2D eigenvalue weighted by molar-refractivity contribution is 5.91. The van der Waals surface area contributed by atoms with E-state index < -0.39 is 0 Å². The zero-order chi connectivity index (χ0) is 14.4. The SMILES string of the molecule is Cc1cc(CNC(=O)/C=C/c2ccc(F)cc2)ncn1. The van der Waals surface area contributed by atoms with Crippen LogP contribution in [0.2, 0.25) is 0 Å². The normalized spacial score (nSPS) is 10.7. The van der Waals surface area contributed by atoms with Gasteiger partial charge in [-0.1, -0.05) is 12.1 Å². The molecule has 0 saturated heterocycles. The molecule has 102 valence electrons. The molecule has 1 amide bonds. The number of nitrogens with one attached hydrogen (secondary N) is 1. The number of hydrogen-bond acceptors (Lipinski definition) is 3. The van der Waals surface area contributed by atoms with Crippen LogP contribution < -0.4 is 5.32 Å². The van der Waals surface area contributed by atoms with E-state index in [1.54, 1.807) is 18.2 Å². The maximum Gasteiger partial charge on any atom is 0.244 e. The average Bonchev–Trinajstić information content (AvgIpc) is 2.45. The van der Waals surface area contributed by atoms with Crippen molar-refractivity contribution in [3.8, 4) is 0 Å². The highest BCUT2D eigenvalue weighted by Crippen LogP contribution is 2.04. The van der Waals surface area contributed by atoms with Crippen molar-refractivity contribution in [3.63, 3.8) is 0 Å². The maximum absolute atomic E-state index is 12.7. The van der Waals surface area contributed by atoms with Gasteiger partial charge in [-0.05, 0) is 36.8 Å². The predicted molar refractivity (Wildman–Crippen MR) is 74.0 cm³/mol. The lowest BCUT2D eigenvalue weighted by Gasteiger charge is -2.02. The molecule has 1 heterocycles. The molecule has 0 radical (unpaired) electrons. The van der Waals surface area contributed by atoms with Gasteiger partial charge in [0.05, 0.1) is 12.2 Å². The van der Waals surface area contributed by atoms with E-state index in [1.807, 2.05) is 13.0 Å². The molecule has 2 rings (SSSR count). The van der Waals surface area contributed by atoms with E-state index >= 15 is 0 Å². The number of aryl methyl sites for hydroxylation is 1. The van der Waals surface area contributed by atoms with E-state index in [2.05, 4.69) is 15.3 Å². The number of amides is 1. The number of halogens is 1. The van der Waals surface area contributed by atoms with Gasteiger partial charge >= 0.3 is 0 Å². The van der Waals surface area contributed by atoms with Crippen LogP contribution >= 0.6 is 0 Å². The summed E-state index contributed by atoms with van der Waals surface area (Å²) in [7, 11) is 0. The van der Waals surface area contributed by atoms with Gasteiger partial charge in [-0.2, -0.15) is 0 Å². The van der Waals surface area contributed by atoms with Crippen LogP contribution in [0, 0.1) is 12.7 Å². The fourth-order valence-corrected chi connectivity index (χ4v) is 1.59. The Morgan fingerprint density at radius 1 is 1.30 bits per heavy atom. The van der Waals surface area contributed by atoms with Crippen LogP contribution in [0.15, 0.2) is 42.7 Å². The van der Waals surface area contributed by atoms with E-state index in [9.17, 15) is 9.18 Å². The van der Waals surface area contributed by atoms with E-state index in [1.165, 1.54) is 24.5 Å². The molecule has 0 aliphatic carbocycles. The molecule has 1 N–H and O–H groups in total. The molecule has 0 unspecified atom stereocenters. The first-order valence-corrected chi connectivity index (χ1v) is 6.12. The number of nitrogens with zero attached hydrogens (tertiary/aromatic N) is 2. The van der Waals surface area contributed by atoms with Crippen LogP contribution in [0.3, 0.4) is 0 Å². The van der Waals surface area contributed by atoms with Crippen molar-refractivity contribution in [1.82, 2.24) is 15.3 Å². The Kier molecular flexibility index (Phi) is 4.55. The predicted octanol–water partition coefficient (Wildman–Crippen LogP) is 2.25. The second-order valence-corrected chi connectivity index (χ2v) is 4.25. The van der Waals surface area contributed by atoms with Gasteiger partial charge < -0.3 is 5.32 Å². The highest BCUT2D eigenvalue weighted by atomic mass is 19.1. The fraction of sp³-hybridized carbons (Fsp3) is 0.133. The van der Waals surface area contributed by atoms with Crippen LogP contribution in [-0.2, 0) is 11.3 Å². The topological polar surface area (TPSA) is 54.9 Å². The summed E-state index contributed by atoms with van der Waals surface area (Å²) in [4.78, 5) is 19.7. The summed E-state index contributed by atoms with van der Waals surface area (Å²) in [5.41, 5.74) is 2.37. The van der Waals surface area contributed by atoms with E-state index in [4.69, 9.17) is 0 Å². The molecule has 1 aromatic heterocycles. The van der Waals surface area contributed by atoms with Crippen molar-refractivity contribution in [1.29, 1.82) is 0 Å². The number of hydrogen-bond donors (Lipinski definition) is 1. The van der Waals surface area contributed by atoms with Crippen molar-refractivity contribution in [2.75, 3.05) is 0 Å². The molecular formula is C15H14FN3O. The molecule has 0 bridgehead atoms. The lowest BCUT2D eigenvalue weighted by atomic mass is 10.2. The van der Waals surface area contributed by atoms with Crippen molar-refractivity contribution in [2.45, 2.75) is 13.5 Å². The molecule has 20 heavy (non-hydrogen) atoms. The maximum atomic E-state index is 12.7. The summed E-state index contributed by atoms with van der Waals surface area (Å²) in [6.45, 7) is 2.21. The first-order chi connectivity index (χ1) is 9.63. The summed E-state index contributed by atoms with van der Waals surface area (Å²) >= 11 is 0. The number of carbonyl (C=O) groups excluding carboxylic acids is 1. The van der Waals surface area contributed by atoms with Gasteiger partial charge in [0.1, 0.15) is 12.1 Å². The van der Waals surface area contributed by atoms with E-state index in [0.29, 0.717) is 6.54 Å². The largest absolute Gasteiger partial charge is 0.347 e. The third-order valence-corrected chi connectivity index (χ3v) is 2.60. The third-order valence-electron chi connectivity index (χ3n) is 2.60. The lowest BCUT2D eigenvalue weighted by molar-refractivity contribution is -0.116. The molecule has 0 saturated carbocycles. The summed E-state index contributed by atoms with van der Waals surface area (Å²) in [6.07, 6.45) is 4.49. The van der Waals surface area contributed by atoms with E-state index in [-0.39, 0.29) is 11.7 Å². The van der Waals surface area contributed by atoms with Gasteiger partial charge in [0.15, 0.2) is 0 Å². The van der Waals surface area contributed by atoms with Crippen LogP contribution in [0.1, 0.15) is 17.0 Å². The molecule has 0 spiro atoms. The van der Waals surface area contributed by atoms with Crippen LogP contribution in [0.4, 0.5) is 4.39 Å². The summed E-state index contributed by atoms with van der Waals surface area (Å²) < 4.78 is 12.7. The first kappa shape index (κ1) is 13.9. The van der Waals surface area contributed by atoms with Gasteiger partial charge in [-0.15, -0.1) is 0 Å². The minimum Gasteiger partial charge on any atom is -0.347 e. The Morgan fingerprint density at radius 3 is 2.75 bits per heavy atom. The summed E-state index contributed by atoms with van der Waals surface area (Å²) in [5.74, 6) is -0.531. The van der Waals surface area contributed by atoms with Crippen molar-refractivity contribution in [2.24, 2.45) is 0 Å². The summed E-state index contributed by atoms with van der Waals surface area (Å²) in [5, 5.41) is 2.72. The van der Waals surface area contributed by atoms with Gasteiger partial charge in [-0.3, -0.25) is 4.79 Å². The standard InChI is InChI=1S/C15H14FN3O/c1-11-8-14(19-10-18-11)9-17-15(20)7-4-12-2-5-13(16)6-3-12/h2-8,10H,9H2,1H3,(H,17,20)/b7-4+. The molecule has 4 nitrogen and oxygen atoms in total. The smallest absolute Gasteiger partial charge is 0.244 e. The molecule has 2 aromatic rings. The zero-order valence-corrected chi connectivity index (χ0v) is 11.0. The molecule has 0 aliphatic heterocycles. The highest BCUT2D eigenvalue weighted by Gasteiger charge is 1.99. The molecule has 1 aromatic carbocycles. The van der Waals surface area contributed by atoms with Crippen LogP contribution in [0.25, 0.3) is 6.08 Å². The Hall–Kier alpha value is -2.56. The quantitative estimate of drug-likeness (QED) is 0.868. The van der Waals surface area contributed by atoms with Gasteiger partial charge in [0.2, 0.25) is 5.91 Å². The Balaban J connectivity index is 1.88. The first-order valence-electron chi connectivity index (χ1n) is 6.12. The molecule has 0 aliphatic rings. The Morgan fingerprint density at radius 2 is 2.05 bits per heavy atom. The monoisotopic (exact) mass is 271 g/mol. The Bertz CT molecular complexity index is 623. The second-order valence-electron chi connectivity index (χ2n) is 4.25. The number of benzene rings is 1. The van der Waals surface area contributed by atoms with Crippen molar-refractivity contribution in [3.05, 3.63) is 65.5 Å². The van der Waals surface area contributed by atoms with Gasteiger partial charge in [-0.25, -0.2) is 14.4 Å². The number of carbonyl (C=O) groups is 1. The minimum atomic E-state index is -0.300. The van der Waals surface area contributed by atoms with Crippen molar-refractivity contribution < 1.29 is 9.18 Å². The van der Waals surface area contributed by atoms with Crippen LogP contribution in [-0.4, -0.2) is 15.9 Å². The summed E-state index contributed by atoms with van der Waals surface area (Å²) in [6, 6.07) is 7.71. The number of aromatic nitrogens is 2. The van der Waals surface area contributed by atoms with Crippen molar-refractivity contribution >= 4 is 12.0 Å².